The molecule has 1 aliphatic rings. The average molecular weight is 300 g/mol. The Morgan fingerprint density at radius 3 is 3.00 bits per heavy atom. The number of amides is 1. The molecule has 1 aromatic heterocycles. The van der Waals surface area contributed by atoms with E-state index in [1.807, 2.05) is 17.0 Å². The maximum atomic E-state index is 12.6. The first-order valence-electron chi connectivity index (χ1n) is 7.56. The predicted octanol–water partition coefficient (Wildman–Crippen LogP) is 2.06. The topological polar surface area (TPSA) is 85.2 Å². The van der Waals surface area contributed by atoms with Crippen molar-refractivity contribution in [3.8, 4) is 0 Å². The smallest absolute Gasteiger partial charge is 0.255 e. The van der Waals surface area contributed by atoms with Gasteiger partial charge < -0.3 is 15.2 Å². The fraction of sp³-hybridized carbons (Fsp3) is 0.438. The molecule has 1 amide bonds. The van der Waals surface area contributed by atoms with E-state index in [-0.39, 0.29) is 5.91 Å². The van der Waals surface area contributed by atoms with Crippen LogP contribution < -0.4 is 5.73 Å². The highest BCUT2D eigenvalue weighted by Gasteiger charge is 2.26. The number of hydrogen-bond donors (Lipinski definition) is 1. The maximum Gasteiger partial charge on any atom is 0.255 e. The average Bonchev–Trinajstić information content (AvgIpc) is 2.92. The maximum absolute atomic E-state index is 12.6. The number of carbonyl (C=O) groups excluding carboxylic acids is 1. The van der Waals surface area contributed by atoms with E-state index >= 15 is 0 Å². The zero-order chi connectivity index (χ0) is 15.5. The van der Waals surface area contributed by atoms with E-state index < -0.39 is 0 Å². The van der Waals surface area contributed by atoms with Gasteiger partial charge in [-0.3, -0.25) is 4.79 Å². The molecule has 2 N–H and O–H groups in total. The van der Waals surface area contributed by atoms with Gasteiger partial charge in [0.1, 0.15) is 0 Å². The quantitative estimate of drug-likeness (QED) is 0.877. The van der Waals surface area contributed by atoms with Gasteiger partial charge in [-0.1, -0.05) is 17.3 Å². The molecule has 1 aromatic carbocycles. The summed E-state index contributed by atoms with van der Waals surface area (Å²) in [5.74, 6) is 1.67. The summed E-state index contributed by atoms with van der Waals surface area (Å²) in [4.78, 5) is 18.7. The standard InChI is InChI=1S/C16H20N4O2/c1-11-18-15(19-22-11)9-12-5-4-8-20(10-12)16(21)13-6-2-3-7-14(13)17/h2-3,6-7,12H,4-5,8-10,17H2,1H3. The molecule has 22 heavy (non-hydrogen) atoms. The second-order valence-electron chi connectivity index (χ2n) is 5.78. The molecule has 2 aromatic rings. The summed E-state index contributed by atoms with van der Waals surface area (Å²) in [7, 11) is 0. The third-order valence-corrected chi connectivity index (χ3v) is 4.04. The molecule has 1 saturated heterocycles. The van der Waals surface area contributed by atoms with E-state index in [1.54, 1.807) is 19.1 Å². The summed E-state index contributed by atoms with van der Waals surface area (Å²) >= 11 is 0. The van der Waals surface area contributed by atoms with Crippen molar-refractivity contribution in [2.24, 2.45) is 5.92 Å². The summed E-state index contributed by atoms with van der Waals surface area (Å²) in [5.41, 5.74) is 7.02. The number of aromatic nitrogens is 2. The van der Waals surface area contributed by atoms with Crippen LogP contribution in [-0.2, 0) is 6.42 Å². The lowest BCUT2D eigenvalue weighted by atomic mass is 9.94. The number of rotatable bonds is 3. The Morgan fingerprint density at radius 1 is 1.45 bits per heavy atom. The van der Waals surface area contributed by atoms with Gasteiger partial charge in [-0.05, 0) is 30.9 Å². The van der Waals surface area contributed by atoms with E-state index in [1.165, 1.54) is 0 Å². The van der Waals surface area contributed by atoms with Gasteiger partial charge in [0.15, 0.2) is 5.82 Å². The molecule has 1 atom stereocenters. The van der Waals surface area contributed by atoms with Gasteiger partial charge in [-0.25, -0.2) is 0 Å². The number of aryl methyl sites for hydroxylation is 1. The highest BCUT2D eigenvalue weighted by atomic mass is 16.5. The van der Waals surface area contributed by atoms with Gasteiger partial charge in [0.05, 0.1) is 5.56 Å². The molecule has 0 radical (unpaired) electrons. The molecular weight excluding hydrogens is 280 g/mol. The van der Waals surface area contributed by atoms with Crippen molar-refractivity contribution < 1.29 is 9.32 Å². The minimum absolute atomic E-state index is 0.00657. The van der Waals surface area contributed by atoms with E-state index in [4.69, 9.17) is 10.3 Å². The summed E-state index contributed by atoms with van der Waals surface area (Å²) in [6, 6.07) is 7.22. The second-order valence-corrected chi connectivity index (χ2v) is 5.78. The van der Waals surface area contributed by atoms with Crippen LogP contribution in [-0.4, -0.2) is 34.0 Å². The van der Waals surface area contributed by atoms with Crippen molar-refractivity contribution >= 4 is 11.6 Å². The van der Waals surface area contributed by atoms with Crippen molar-refractivity contribution in [1.29, 1.82) is 0 Å². The first-order valence-corrected chi connectivity index (χ1v) is 7.56. The van der Waals surface area contributed by atoms with Crippen LogP contribution in [0.4, 0.5) is 5.69 Å². The zero-order valence-electron chi connectivity index (χ0n) is 12.7. The third kappa shape index (κ3) is 3.10. The molecule has 6 heteroatoms. The highest BCUT2D eigenvalue weighted by molar-refractivity contribution is 5.99. The number of piperidine rings is 1. The summed E-state index contributed by atoms with van der Waals surface area (Å²) in [6.07, 6.45) is 2.80. The number of nitrogen functional groups attached to an aromatic ring is 1. The Bertz CT molecular complexity index is 668. The van der Waals surface area contributed by atoms with Crippen LogP contribution in [0.3, 0.4) is 0 Å². The molecule has 1 unspecified atom stereocenters. The number of carbonyl (C=O) groups is 1. The van der Waals surface area contributed by atoms with Crippen LogP contribution in [0.15, 0.2) is 28.8 Å². The first-order chi connectivity index (χ1) is 10.6. The lowest BCUT2D eigenvalue weighted by molar-refractivity contribution is 0.0673. The van der Waals surface area contributed by atoms with Gasteiger partial charge in [0.25, 0.3) is 5.91 Å². The van der Waals surface area contributed by atoms with Crippen LogP contribution in [0, 0.1) is 12.8 Å². The number of nitrogens with zero attached hydrogens (tertiary/aromatic N) is 3. The zero-order valence-corrected chi connectivity index (χ0v) is 12.7. The third-order valence-electron chi connectivity index (χ3n) is 4.04. The van der Waals surface area contributed by atoms with E-state index in [0.29, 0.717) is 29.6 Å². The minimum Gasteiger partial charge on any atom is -0.398 e. The lowest BCUT2D eigenvalue weighted by Gasteiger charge is -2.32. The van der Waals surface area contributed by atoms with Gasteiger partial charge in [0.2, 0.25) is 5.89 Å². The highest BCUT2D eigenvalue weighted by Crippen LogP contribution is 2.23. The number of hydrogen-bond acceptors (Lipinski definition) is 5. The second kappa shape index (κ2) is 6.17. The fourth-order valence-electron chi connectivity index (χ4n) is 2.96. The van der Waals surface area contributed by atoms with Crippen molar-refractivity contribution in [3.63, 3.8) is 0 Å². The Labute approximate surface area is 129 Å². The monoisotopic (exact) mass is 300 g/mol. The molecule has 6 nitrogen and oxygen atoms in total. The van der Waals surface area contributed by atoms with Crippen molar-refractivity contribution in [2.75, 3.05) is 18.8 Å². The number of para-hydroxylation sites is 1. The predicted molar refractivity (Wildman–Crippen MR) is 82.2 cm³/mol. The van der Waals surface area contributed by atoms with Crippen molar-refractivity contribution in [3.05, 3.63) is 41.5 Å². The Kier molecular flexibility index (Phi) is 4.09. The van der Waals surface area contributed by atoms with E-state index in [0.717, 1.165) is 31.6 Å². The van der Waals surface area contributed by atoms with Gasteiger partial charge >= 0.3 is 0 Å². The minimum atomic E-state index is 0.00657. The summed E-state index contributed by atoms with van der Waals surface area (Å²) in [6.45, 7) is 3.26. The molecule has 3 rings (SSSR count). The Hall–Kier alpha value is -2.37. The van der Waals surface area contributed by atoms with Crippen molar-refractivity contribution in [2.45, 2.75) is 26.2 Å². The van der Waals surface area contributed by atoms with Gasteiger partial charge in [-0.15, -0.1) is 0 Å². The number of nitrogens with two attached hydrogens (primary N) is 1. The van der Waals surface area contributed by atoms with Crippen LogP contribution in [0.25, 0.3) is 0 Å². The van der Waals surface area contributed by atoms with Crippen LogP contribution in [0.2, 0.25) is 0 Å². The van der Waals surface area contributed by atoms with Crippen LogP contribution in [0.1, 0.15) is 34.9 Å². The molecule has 0 saturated carbocycles. The molecule has 0 spiro atoms. The molecule has 1 aliphatic heterocycles. The summed E-state index contributed by atoms with van der Waals surface area (Å²) in [5, 5.41) is 3.94. The van der Waals surface area contributed by atoms with Gasteiger partial charge in [-0.2, -0.15) is 4.98 Å². The lowest BCUT2D eigenvalue weighted by Crippen LogP contribution is -2.40. The normalized spacial score (nSPS) is 18.4. The molecular formula is C16H20N4O2. The number of benzene rings is 1. The van der Waals surface area contributed by atoms with Crippen molar-refractivity contribution in [1.82, 2.24) is 15.0 Å². The van der Waals surface area contributed by atoms with E-state index in [2.05, 4.69) is 10.1 Å². The van der Waals surface area contributed by atoms with Gasteiger partial charge in [0, 0.05) is 32.1 Å². The van der Waals surface area contributed by atoms with Crippen LogP contribution >= 0.6 is 0 Å². The van der Waals surface area contributed by atoms with Crippen LogP contribution in [0.5, 0.6) is 0 Å². The molecule has 116 valence electrons. The number of likely N-dealkylation sites (tertiary alicyclic amines) is 1. The molecule has 0 aliphatic carbocycles. The first kappa shape index (κ1) is 14.6. The summed E-state index contributed by atoms with van der Waals surface area (Å²) < 4.78 is 5.01. The molecule has 2 heterocycles. The van der Waals surface area contributed by atoms with E-state index in [9.17, 15) is 4.79 Å². The Morgan fingerprint density at radius 2 is 2.27 bits per heavy atom. The largest absolute Gasteiger partial charge is 0.398 e. The number of anilines is 1. The SMILES string of the molecule is Cc1nc(CC2CCCN(C(=O)c3ccccc3N)C2)no1. The molecule has 0 bridgehead atoms. The fourth-order valence-corrected chi connectivity index (χ4v) is 2.96. The molecule has 1 fully saturated rings. The Balaban J connectivity index is 1.67.